The molecule has 0 saturated carbocycles. The van der Waals surface area contributed by atoms with E-state index in [4.69, 9.17) is 16.2 Å². The molecule has 0 heterocycles. The van der Waals surface area contributed by atoms with Crippen LogP contribution >= 0.6 is 0 Å². The zero-order valence-electron chi connectivity index (χ0n) is 11.9. The highest BCUT2D eigenvalue weighted by molar-refractivity contribution is 5.71. The van der Waals surface area contributed by atoms with Crippen LogP contribution in [0, 0.1) is 27.7 Å². The van der Waals surface area contributed by atoms with E-state index in [1.807, 2.05) is 45.9 Å². The number of nitrogen functional groups attached to an aromatic ring is 2. The van der Waals surface area contributed by atoms with Crippen LogP contribution in [0.4, 0.5) is 11.4 Å². The summed E-state index contributed by atoms with van der Waals surface area (Å²) in [7, 11) is 0. The molecule has 0 aliphatic carbocycles. The van der Waals surface area contributed by atoms with E-state index in [0.717, 1.165) is 33.7 Å². The van der Waals surface area contributed by atoms with Crippen molar-refractivity contribution in [1.29, 1.82) is 0 Å². The first-order chi connectivity index (χ1) is 8.88. The Bertz CT molecular complexity index is 613. The zero-order valence-corrected chi connectivity index (χ0v) is 11.9. The predicted octanol–water partition coefficient (Wildman–Crippen LogP) is 3.88. The second kappa shape index (κ2) is 4.84. The summed E-state index contributed by atoms with van der Waals surface area (Å²) < 4.78 is 5.91. The maximum absolute atomic E-state index is 6.07. The van der Waals surface area contributed by atoms with Crippen LogP contribution < -0.4 is 16.2 Å². The molecule has 4 N–H and O–H groups in total. The van der Waals surface area contributed by atoms with Crippen LogP contribution in [0.25, 0.3) is 0 Å². The van der Waals surface area contributed by atoms with E-state index in [1.165, 1.54) is 0 Å². The molecule has 0 saturated heterocycles. The SMILES string of the molecule is Cc1cc(C)cc(Oc2cc(C)c(N)c(C)c2N)c1. The summed E-state index contributed by atoms with van der Waals surface area (Å²) in [5, 5.41) is 0. The lowest BCUT2D eigenvalue weighted by molar-refractivity contribution is 0.483. The first-order valence-electron chi connectivity index (χ1n) is 6.29. The summed E-state index contributed by atoms with van der Waals surface area (Å²) in [4.78, 5) is 0. The molecule has 0 radical (unpaired) electrons. The molecule has 2 rings (SSSR count). The van der Waals surface area contributed by atoms with Gasteiger partial charge in [-0.1, -0.05) is 6.07 Å². The van der Waals surface area contributed by atoms with Gasteiger partial charge >= 0.3 is 0 Å². The van der Waals surface area contributed by atoms with Crippen molar-refractivity contribution in [3.05, 3.63) is 46.5 Å². The van der Waals surface area contributed by atoms with Gasteiger partial charge in [0.2, 0.25) is 0 Å². The van der Waals surface area contributed by atoms with Crippen LogP contribution in [0.15, 0.2) is 24.3 Å². The maximum atomic E-state index is 6.07. The molecule has 0 unspecified atom stereocenters. The van der Waals surface area contributed by atoms with Gasteiger partial charge in [-0.3, -0.25) is 0 Å². The monoisotopic (exact) mass is 256 g/mol. The molecular weight excluding hydrogens is 236 g/mol. The molecule has 19 heavy (non-hydrogen) atoms. The molecule has 0 amide bonds. The molecule has 3 heteroatoms. The van der Waals surface area contributed by atoms with Crippen molar-refractivity contribution in [2.75, 3.05) is 11.5 Å². The number of anilines is 2. The minimum atomic E-state index is 0.599. The molecular formula is C16H20N2O. The first-order valence-corrected chi connectivity index (χ1v) is 6.29. The van der Waals surface area contributed by atoms with Gasteiger partial charge in [-0.15, -0.1) is 0 Å². The maximum Gasteiger partial charge on any atom is 0.150 e. The topological polar surface area (TPSA) is 61.3 Å². The number of ether oxygens (including phenoxy) is 1. The lowest BCUT2D eigenvalue weighted by Gasteiger charge is -2.15. The summed E-state index contributed by atoms with van der Waals surface area (Å²) in [5.41, 5.74) is 17.5. The second-order valence-electron chi connectivity index (χ2n) is 5.07. The molecule has 3 nitrogen and oxygen atoms in total. The van der Waals surface area contributed by atoms with Crippen LogP contribution in [0.1, 0.15) is 22.3 Å². The number of hydrogen-bond acceptors (Lipinski definition) is 3. The summed E-state index contributed by atoms with van der Waals surface area (Å²) in [6.07, 6.45) is 0. The fraction of sp³-hybridized carbons (Fsp3) is 0.250. The van der Waals surface area contributed by atoms with E-state index in [1.54, 1.807) is 0 Å². The predicted molar refractivity (Wildman–Crippen MR) is 80.7 cm³/mol. The van der Waals surface area contributed by atoms with Crippen molar-refractivity contribution in [2.45, 2.75) is 27.7 Å². The number of aryl methyl sites for hydroxylation is 3. The zero-order chi connectivity index (χ0) is 14.2. The van der Waals surface area contributed by atoms with Crippen molar-refractivity contribution in [3.63, 3.8) is 0 Å². The van der Waals surface area contributed by atoms with Crippen molar-refractivity contribution in [1.82, 2.24) is 0 Å². The van der Waals surface area contributed by atoms with Gasteiger partial charge in [0.15, 0.2) is 5.75 Å². The summed E-state index contributed by atoms with van der Waals surface area (Å²) >= 11 is 0. The van der Waals surface area contributed by atoms with E-state index < -0.39 is 0 Å². The fourth-order valence-electron chi connectivity index (χ4n) is 2.18. The number of benzene rings is 2. The minimum absolute atomic E-state index is 0.599. The molecule has 0 fully saturated rings. The normalized spacial score (nSPS) is 10.5. The van der Waals surface area contributed by atoms with Crippen molar-refractivity contribution < 1.29 is 4.74 Å². The van der Waals surface area contributed by atoms with Gasteiger partial charge in [0.1, 0.15) is 5.75 Å². The van der Waals surface area contributed by atoms with Gasteiger partial charge in [0.25, 0.3) is 0 Å². The molecule has 0 aliphatic heterocycles. The van der Waals surface area contributed by atoms with Gasteiger partial charge in [-0.2, -0.15) is 0 Å². The van der Waals surface area contributed by atoms with Crippen molar-refractivity contribution in [2.24, 2.45) is 0 Å². The van der Waals surface area contributed by atoms with E-state index in [2.05, 4.69) is 6.07 Å². The fourth-order valence-corrected chi connectivity index (χ4v) is 2.18. The number of hydrogen-bond donors (Lipinski definition) is 2. The third-order valence-corrected chi connectivity index (χ3v) is 3.27. The van der Waals surface area contributed by atoms with Gasteiger partial charge in [-0.05, 0) is 68.1 Å². The molecule has 2 aromatic rings. The lowest BCUT2D eigenvalue weighted by Crippen LogP contribution is -2.01. The van der Waals surface area contributed by atoms with E-state index in [0.29, 0.717) is 11.4 Å². The Balaban J connectivity index is 2.44. The largest absolute Gasteiger partial charge is 0.455 e. The Hall–Kier alpha value is -2.16. The molecule has 0 spiro atoms. The standard InChI is InChI=1S/C16H20N2O/c1-9-5-10(2)7-13(6-9)19-14-8-11(3)15(17)12(4)16(14)18/h5-8H,17-18H2,1-4H3. The Morgan fingerprint density at radius 1 is 0.789 bits per heavy atom. The highest BCUT2D eigenvalue weighted by Crippen LogP contribution is 2.35. The smallest absolute Gasteiger partial charge is 0.150 e. The van der Waals surface area contributed by atoms with Crippen molar-refractivity contribution >= 4 is 11.4 Å². The van der Waals surface area contributed by atoms with Gasteiger partial charge in [-0.25, -0.2) is 0 Å². The van der Waals surface area contributed by atoms with Crippen LogP contribution in [-0.2, 0) is 0 Å². The summed E-state index contributed by atoms with van der Waals surface area (Å²) in [6, 6.07) is 7.98. The Morgan fingerprint density at radius 3 is 1.95 bits per heavy atom. The highest BCUT2D eigenvalue weighted by atomic mass is 16.5. The Morgan fingerprint density at radius 2 is 1.37 bits per heavy atom. The van der Waals surface area contributed by atoms with Crippen LogP contribution in [-0.4, -0.2) is 0 Å². The van der Waals surface area contributed by atoms with Crippen LogP contribution in [0.3, 0.4) is 0 Å². The average Bonchev–Trinajstić information content (AvgIpc) is 2.32. The van der Waals surface area contributed by atoms with E-state index >= 15 is 0 Å². The Labute approximate surface area is 114 Å². The minimum Gasteiger partial charge on any atom is -0.455 e. The summed E-state index contributed by atoms with van der Waals surface area (Å²) in [5.74, 6) is 1.46. The van der Waals surface area contributed by atoms with E-state index in [-0.39, 0.29) is 0 Å². The molecule has 0 aromatic heterocycles. The molecule has 0 aliphatic rings. The Kier molecular flexibility index (Phi) is 3.38. The lowest BCUT2D eigenvalue weighted by atomic mass is 10.1. The average molecular weight is 256 g/mol. The summed E-state index contributed by atoms with van der Waals surface area (Å²) in [6.45, 7) is 7.95. The van der Waals surface area contributed by atoms with Crippen LogP contribution in [0.2, 0.25) is 0 Å². The quantitative estimate of drug-likeness (QED) is 0.802. The molecule has 0 bridgehead atoms. The molecule has 0 atom stereocenters. The highest BCUT2D eigenvalue weighted by Gasteiger charge is 2.10. The third-order valence-electron chi connectivity index (χ3n) is 3.27. The van der Waals surface area contributed by atoms with Gasteiger partial charge in [0.05, 0.1) is 5.69 Å². The van der Waals surface area contributed by atoms with E-state index in [9.17, 15) is 0 Å². The molecule has 2 aromatic carbocycles. The van der Waals surface area contributed by atoms with Gasteiger partial charge < -0.3 is 16.2 Å². The van der Waals surface area contributed by atoms with Gasteiger partial charge in [0, 0.05) is 5.69 Å². The third kappa shape index (κ3) is 2.65. The number of nitrogens with two attached hydrogens (primary N) is 2. The van der Waals surface area contributed by atoms with Crippen LogP contribution in [0.5, 0.6) is 11.5 Å². The molecule has 100 valence electrons. The second-order valence-corrected chi connectivity index (χ2v) is 5.07. The first kappa shape index (κ1) is 13.3. The number of rotatable bonds is 2. The van der Waals surface area contributed by atoms with Crippen molar-refractivity contribution in [3.8, 4) is 11.5 Å².